The molecule has 0 unspecified atom stereocenters. The highest BCUT2D eigenvalue weighted by Crippen LogP contribution is 2.38. The summed E-state index contributed by atoms with van der Waals surface area (Å²) in [6.07, 6.45) is -3.98. The van der Waals surface area contributed by atoms with Crippen molar-refractivity contribution in [3.63, 3.8) is 0 Å². The van der Waals surface area contributed by atoms with Crippen LogP contribution in [0.3, 0.4) is 0 Å². The predicted molar refractivity (Wildman–Crippen MR) is 112 cm³/mol. The fourth-order valence-corrected chi connectivity index (χ4v) is 4.39. The number of carbonyl (C=O) groups is 1. The molecule has 2 aromatic rings. The second-order valence-electron chi connectivity index (χ2n) is 7.86. The van der Waals surface area contributed by atoms with Gasteiger partial charge >= 0.3 is 5.69 Å². The summed E-state index contributed by atoms with van der Waals surface area (Å²) < 4.78 is 36.4. The van der Waals surface area contributed by atoms with Crippen molar-refractivity contribution in [2.45, 2.75) is 49.7 Å². The third-order valence-corrected chi connectivity index (χ3v) is 6.49. The standard InChI is InChI=1S/C20H25N3O8S/c1-11(2)17(25)20(23-9-8-15(21)22-19(23)27)18(26)16(24)14(31-20)10-30-32(28,29)13-6-4-12(3)5-7-13/h4-9,11,14,16,18,24,26H,10H2,1-3H3,(H2,21,22,27)/t14-,16-,18-,20-/m1/s1. The maximum atomic E-state index is 13.1. The highest BCUT2D eigenvalue weighted by Gasteiger charge is 2.61. The quantitative estimate of drug-likeness (QED) is 0.452. The van der Waals surface area contributed by atoms with E-state index in [0.717, 1.165) is 16.3 Å². The van der Waals surface area contributed by atoms with E-state index < -0.39 is 58.2 Å². The van der Waals surface area contributed by atoms with Crippen molar-refractivity contribution >= 4 is 21.7 Å². The molecular weight excluding hydrogens is 442 g/mol. The molecule has 1 aromatic carbocycles. The maximum Gasteiger partial charge on any atom is 0.352 e. The Kier molecular flexibility index (Phi) is 6.54. The fraction of sp³-hybridized carbons (Fsp3) is 0.450. The van der Waals surface area contributed by atoms with E-state index in [1.165, 1.54) is 32.0 Å². The normalized spacial score (nSPS) is 25.9. The number of carbonyl (C=O) groups excluding carboxylic acids is 1. The molecule has 1 fully saturated rings. The lowest BCUT2D eigenvalue weighted by molar-refractivity contribution is -0.178. The first kappa shape index (κ1) is 24.0. The summed E-state index contributed by atoms with van der Waals surface area (Å²) in [6, 6.07) is 7.13. The molecule has 4 N–H and O–H groups in total. The SMILES string of the molecule is Cc1ccc(S(=O)(=O)OC[C@H]2O[C@@](C(=O)C(C)C)(n3ccc(N)nc3=O)[C@H](O)[C@@H]2O)cc1. The van der Waals surface area contributed by atoms with Crippen LogP contribution >= 0.6 is 0 Å². The molecule has 11 nitrogen and oxygen atoms in total. The van der Waals surface area contributed by atoms with E-state index in [-0.39, 0.29) is 10.7 Å². The molecule has 0 bridgehead atoms. The molecule has 1 aliphatic heterocycles. The first-order chi connectivity index (χ1) is 14.9. The number of aryl methyl sites for hydroxylation is 1. The van der Waals surface area contributed by atoms with Gasteiger partial charge in [0.2, 0.25) is 5.72 Å². The number of Topliss-reactive ketones (excluding diaryl/α,β-unsaturated/α-hetero) is 1. The molecule has 0 amide bonds. The largest absolute Gasteiger partial charge is 0.387 e. The zero-order valence-electron chi connectivity index (χ0n) is 17.7. The van der Waals surface area contributed by atoms with E-state index in [1.807, 2.05) is 0 Å². The number of aromatic nitrogens is 2. The Hall–Kier alpha value is -2.64. The van der Waals surface area contributed by atoms with Crippen molar-refractivity contribution in [2.75, 3.05) is 12.3 Å². The van der Waals surface area contributed by atoms with E-state index >= 15 is 0 Å². The van der Waals surface area contributed by atoms with Gasteiger partial charge in [-0.2, -0.15) is 13.4 Å². The van der Waals surface area contributed by atoms with Crippen LogP contribution in [0.15, 0.2) is 46.2 Å². The fourth-order valence-electron chi connectivity index (χ4n) is 3.47. The monoisotopic (exact) mass is 467 g/mol. The van der Waals surface area contributed by atoms with Crippen LogP contribution in [0.5, 0.6) is 0 Å². The average molecular weight is 468 g/mol. The van der Waals surface area contributed by atoms with Crippen molar-refractivity contribution in [3.8, 4) is 0 Å². The van der Waals surface area contributed by atoms with Crippen LogP contribution in [-0.4, -0.2) is 58.9 Å². The molecule has 3 rings (SSSR count). The van der Waals surface area contributed by atoms with E-state index in [0.29, 0.717) is 0 Å². The molecule has 12 heteroatoms. The van der Waals surface area contributed by atoms with Gasteiger partial charge in [0.1, 0.15) is 24.1 Å². The van der Waals surface area contributed by atoms with Crippen LogP contribution in [0.25, 0.3) is 0 Å². The van der Waals surface area contributed by atoms with Crippen LogP contribution in [0.2, 0.25) is 0 Å². The summed E-state index contributed by atoms with van der Waals surface area (Å²) in [4.78, 5) is 29.0. The van der Waals surface area contributed by atoms with Gasteiger partial charge < -0.3 is 20.7 Å². The smallest absolute Gasteiger partial charge is 0.352 e. The molecule has 174 valence electrons. The lowest BCUT2D eigenvalue weighted by atomic mass is 9.91. The first-order valence-electron chi connectivity index (χ1n) is 9.80. The Morgan fingerprint density at radius 3 is 2.47 bits per heavy atom. The summed E-state index contributed by atoms with van der Waals surface area (Å²) in [5.74, 6) is -1.56. The third kappa shape index (κ3) is 4.19. The summed E-state index contributed by atoms with van der Waals surface area (Å²) >= 11 is 0. The van der Waals surface area contributed by atoms with Crippen molar-refractivity contribution in [2.24, 2.45) is 5.92 Å². The summed E-state index contributed by atoms with van der Waals surface area (Å²) in [7, 11) is -4.21. The van der Waals surface area contributed by atoms with Crippen LogP contribution in [0.1, 0.15) is 19.4 Å². The lowest BCUT2D eigenvalue weighted by Gasteiger charge is -2.33. The number of nitrogens with two attached hydrogens (primary N) is 1. The summed E-state index contributed by atoms with van der Waals surface area (Å²) in [5, 5.41) is 21.4. The van der Waals surface area contributed by atoms with Crippen LogP contribution < -0.4 is 11.4 Å². The summed E-state index contributed by atoms with van der Waals surface area (Å²) in [5.41, 5.74) is 3.03. The molecule has 1 aliphatic rings. The Balaban J connectivity index is 1.94. The molecule has 1 saturated heterocycles. The van der Waals surface area contributed by atoms with Crippen LogP contribution in [-0.2, 0) is 29.6 Å². The molecule has 4 atom stereocenters. The number of rotatable bonds is 7. The van der Waals surface area contributed by atoms with Gasteiger partial charge in [-0.3, -0.25) is 13.5 Å². The highest BCUT2D eigenvalue weighted by atomic mass is 32.2. The minimum atomic E-state index is -4.21. The van der Waals surface area contributed by atoms with Crippen molar-refractivity contribution < 1.29 is 32.3 Å². The number of ketones is 1. The van der Waals surface area contributed by atoms with Crippen molar-refractivity contribution in [1.82, 2.24) is 9.55 Å². The molecular formula is C20H25N3O8S. The number of aliphatic hydroxyl groups excluding tert-OH is 2. The molecule has 0 saturated carbocycles. The van der Waals surface area contributed by atoms with Crippen LogP contribution in [0, 0.1) is 12.8 Å². The van der Waals surface area contributed by atoms with Gasteiger partial charge in [-0.25, -0.2) is 4.79 Å². The number of nitrogen functional groups attached to an aromatic ring is 1. The number of aliphatic hydroxyl groups is 2. The highest BCUT2D eigenvalue weighted by molar-refractivity contribution is 7.86. The molecule has 1 aromatic heterocycles. The zero-order valence-corrected chi connectivity index (χ0v) is 18.5. The third-order valence-electron chi connectivity index (χ3n) is 5.19. The first-order valence-corrected chi connectivity index (χ1v) is 11.2. The van der Waals surface area contributed by atoms with Gasteiger partial charge in [-0.05, 0) is 25.1 Å². The minimum Gasteiger partial charge on any atom is -0.387 e. The topological polar surface area (TPSA) is 171 Å². The zero-order chi connectivity index (χ0) is 23.8. The lowest BCUT2D eigenvalue weighted by Crippen LogP contribution is -2.57. The number of benzene rings is 1. The number of anilines is 1. The van der Waals surface area contributed by atoms with Gasteiger partial charge in [-0.15, -0.1) is 0 Å². The molecule has 2 heterocycles. The predicted octanol–water partition coefficient (Wildman–Crippen LogP) is -0.462. The van der Waals surface area contributed by atoms with E-state index in [9.17, 15) is 28.2 Å². The number of nitrogens with zero attached hydrogens (tertiary/aromatic N) is 2. The van der Waals surface area contributed by atoms with Gasteiger partial charge in [0, 0.05) is 12.1 Å². The average Bonchev–Trinajstić information content (AvgIpc) is 2.98. The van der Waals surface area contributed by atoms with Gasteiger partial charge in [0.15, 0.2) is 5.78 Å². The Labute approximate surface area is 184 Å². The number of hydrogen-bond donors (Lipinski definition) is 3. The minimum absolute atomic E-state index is 0.111. The number of ether oxygens (including phenoxy) is 1. The van der Waals surface area contributed by atoms with Gasteiger partial charge in [0.25, 0.3) is 10.1 Å². The van der Waals surface area contributed by atoms with E-state index in [4.69, 9.17) is 14.7 Å². The van der Waals surface area contributed by atoms with Crippen LogP contribution in [0.4, 0.5) is 5.82 Å². The van der Waals surface area contributed by atoms with Crippen molar-refractivity contribution in [3.05, 3.63) is 52.6 Å². The Morgan fingerprint density at radius 2 is 1.91 bits per heavy atom. The second kappa shape index (κ2) is 8.71. The van der Waals surface area contributed by atoms with Gasteiger partial charge in [-0.1, -0.05) is 31.5 Å². The summed E-state index contributed by atoms with van der Waals surface area (Å²) in [6.45, 7) is 4.13. The Bertz CT molecular complexity index is 1160. The maximum absolute atomic E-state index is 13.1. The number of hydrogen-bond acceptors (Lipinski definition) is 10. The Morgan fingerprint density at radius 1 is 1.28 bits per heavy atom. The molecule has 32 heavy (non-hydrogen) atoms. The molecule has 0 radical (unpaired) electrons. The second-order valence-corrected chi connectivity index (χ2v) is 9.48. The molecule has 0 aliphatic carbocycles. The van der Waals surface area contributed by atoms with E-state index in [2.05, 4.69) is 4.98 Å². The van der Waals surface area contributed by atoms with Gasteiger partial charge in [0.05, 0.1) is 11.5 Å². The van der Waals surface area contributed by atoms with E-state index in [1.54, 1.807) is 19.1 Å². The van der Waals surface area contributed by atoms with Crippen molar-refractivity contribution in [1.29, 1.82) is 0 Å². The molecule has 0 spiro atoms.